The van der Waals surface area contributed by atoms with Crippen LogP contribution in [-0.2, 0) is 4.79 Å². The van der Waals surface area contributed by atoms with Crippen LogP contribution >= 0.6 is 0 Å². The minimum Gasteiger partial charge on any atom is -0.481 e. The Morgan fingerprint density at radius 1 is 1.64 bits per heavy atom. The summed E-state index contributed by atoms with van der Waals surface area (Å²) in [5, 5.41) is 27.0. The van der Waals surface area contributed by atoms with Crippen molar-refractivity contribution in [1.82, 2.24) is 0 Å². The first-order valence-electron chi connectivity index (χ1n) is 4.33. The molecule has 1 fully saturated rings. The molecule has 1 aliphatic carbocycles. The second-order valence-electron chi connectivity index (χ2n) is 4.24. The van der Waals surface area contributed by atoms with Crippen LogP contribution in [0, 0.1) is 28.6 Å². The standard InChI is InChI=1S/C10H13NO3/c1-5(4-11)8(12)6-7(9(13)14)10(6,2)3/h6-8,12H,1H2,2-3H3,(H,13,14). The first-order chi connectivity index (χ1) is 6.34. The molecule has 1 rings (SSSR count). The van der Waals surface area contributed by atoms with Gasteiger partial charge in [-0.25, -0.2) is 0 Å². The Morgan fingerprint density at radius 3 is 2.43 bits per heavy atom. The average Bonchev–Trinajstić information content (AvgIpc) is 2.66. The van der Waals surface area contributed by atoms with Crippen molar-refractivity contribution < 1.29 is 15.0 Å². The number of hydrogen-bond acceptors (Lipinski definition) is 3. The van der Waals surface area contributed by atoms with Crippen LogP contribution in [0.25, 0.3) is 0 Å². The van der Waals surface area contributed by atoms with E-state index in [4.69, 9.17) is 10.4 Å². The van der Waals surface area contributed by atoms with Crippen molar-refractivity contribution in [2.45, 2.75) is 20.0 Å². The maximum Gasteiger partial charge on any atom is 0.307 e. The lowest BCUT2D eigenvalue weighted by atomic mass is 10.0. The first kappa shape index (κ1) is 10.7. The van der Waals surface area contributed by atoms with Crippen molar-refractivity contribution in [2.24, 2.45) is 17.3 Å². The zero-order valence-corrected chi connectivity index (χ0v) is 8.19. The van der Waals surface area contributed by atoms with E-state index in [9.17, 15) is 9.90 Å². The van der Waals surface area contributed by atoms with E-state index < -0.39 is 29.3 Å². The monoisotopic (exact) mass is 195 g/mol. The molecule has 3 unspecified atom stereocenters. The maximum absolute atomic E-state index is 10.8. The maximum atomic E-state index is 10.8. The summed E-state index contributed by atoms with van der Waals surface area (Å²) >= 11 is 0. The minimum absolute atomic E-state index is 0.0341. The largest absolute Gasteiger partial charge is 0.481 e. The van der Waals surface area contributed by atoms with Crippen molar-refractivity contribution in [3.05, 3.63) is 12.2 Å². The zero-order chi connectivity index (χ0) is 11.1. The van der Waals surface area contributed by atoms with E-state index in [1.807, 2.05) is 0 Å². The predicted octanol–water partition coefficient (Wildman–Crippen LogP) is 0.784. The fourth-order valence-corrected chi connectivity index (χ4v) is 2.02. The Labute approximate surface area is 82.5 Å². The van der Waals surface area contributed by atoms with E-state index >= 15 is 0 Å². The Bertz CT molecular complexity index is 327. The molecule has 0 bridgehead atoms. The molecule has 0 spiro atoms. The highest BCUT2D eigenvalue weighted by Crippen LogP contribution is 2.60. The van der Waals surface area contributed by atoms with Gasteiger partial charge in [0, 0.05) is 5.92 Å². The molecular weight excluding hydrogens is 182 g/mol. The van der Waals surface area contributed by atoms with Crippen LogP contribution in [0.2, 0.25) is 0 Å². The van der Waals surface area contributed by atoms with Gasteiger partial charge in [0.2, 0.25) is 0 Å². The lowest BCUT2D eigenvalue weighted by Gasteiger charge is -2.08. The molecule has 0 heterocycles. The Morgan fingerprint density at radius 2 is 2.14 bits per heavy atom. The number of carboxylic acids is 1. The Balaban J connectivity index is 2.80. The van der Waals surface area contributed by atoms with Gasteiger partial charge in [0.25, 0.3) is 0 Å². The van der Waals surface area contributed by atoms with Crippen molar-refractivity contribution in [3.8, 4) is 6.07 Å². The molecular formula is C10H13NO3. The predicted molar refractivity (Wildman–Crippen MR) is 49.2 cm³/mol. The number of nitriles is 1. The summed E-state index contributed by atoms with van der Waals surface area (Å²) in [5.41, 5.74) is -0.419. The summed E-state index contributed by atoms with van der Waals surface area (Å²) in [4.78, 5) is 10.8. The van der Waals surface area contributed by atoms with Crippen molar-refractivity contribution in [3.63, 3.8) is 0 Å². The number of aliphatic hydroxyl groups excluding tert-OH is 1. The third kappa shape index (κ3) is 1.40. The lowest BCUT2D eigenvalue weighted by molar-refractivity contribution is -0.139. The van der Waals surface area contributed by atoms with Crippen molar-refractivity contribution in [1.29, 1.82) is 5.26 Å². The number of rotatable bonds is 3. The molecule has 76 valence electrons. The third-order valence-electron chi connectivity index (χ3n) is 3.02. The molecule has 4 heteroatoms. The average molecular weight is 195 g/mol. The van der Waals surface area contributed by atoms with Crippen molar-refractivity contribution >= 4 is 5.97 Å². The molecule has 0 saturated heterocycles. The molecule has 2 N–H and O–H groups in total. The number of hydrogen-bond donors (Lipinski definition) is 2. The van der Waals surface area contributed by atoms with Gasteiger partial charge >= 0.3 is 5.97 Å². The highest BCUT2D eigenvalue weighted by molar-refractivity contribution is 5.76. The van der Waals surface area contributed by atoms with E-state index in [1.54, 1.807) is 19.9 Å². The molecule has 1 aliphatic rings. The molecule has 3 atom stereocenters. The van der Waals surface area contributed by atoms with Crippen molar-refractivity contribution in [2.75, 3.05) is 0 Å². The summed E-state index contributed by atoms with van der Waals surface area (Å²) < 4.78 is 0. The zero-order valence-electron chi connectivity index (χ0n) is 8.19. The van der Waals surface area contributed by atoms with E-state index in [-0.39, 0.29) is 5.57 Å². The molecule has 1 saturated carbocycles. The van der Waals surface area contributed by atoms with Crippen LogP contribution in [0.15, 0.2) is 12.2 Å². The summed E-state index contributed by atoms with van der Waals surface area (Å²) in [6, 6.07) is 1.75. The molecule has 0 aromatic heterocycles. The van der Waals surface area contributed by atoms with Crippen LogP contribution in [0.4, 0.5) is 0 Å². The molecule has 0 aromatic carbocycles. The lowest BCUT2D eigenvalue weighted by Crippen LogP contribution is -2.15. The molecule has 4 nitrogen and oxygen atoms in total. The Hall–Kier alpha value is -1.34. The van der Waals surface area contributed by atoms with Gasteiger partial charge in [0.1, 0.15) is 0 Å². The molecule has 0 aromatic rings. The van der Waals surface area contributed by atoms with Gasteiger partial charge in [0.15, 0.2) is 0 Å². The first-order valence-corrected chi connectivity index (χ1v) is 4.33. The number of carboxylic acid groups (broad SMARTS) is 1. The number of nitrogens with zero attached hydrogens (tertiary/aromatic N) is 1. The highest BCUT2D eigenvalue weighted by atomic mass is 16.4. The molecule has 14 heavy (non-hydrogen) atoms. The van der Waals surface area contributed by atoms with Gasteiger partial charge in [-0.15, -0.1) is 0 Å². The summed E-state index contributed by atoms with van der Waals surface area (Å²) in [6.07, 6.45) is -1.03. The smallest absolute Gasteiger partial charge is 0.307 e. The third-order valence-corrected chi connectivity index (χ3v) is 3.02. The second-order valence-corrected chi connectivity index (χ2v) is 4.24. The fraction of sp³-hybridized carbons (Fsp3) is 0.600. The topological polar surface area (TPSA) is 81.3 Å². The van der Waals surface area contributed by atoms with Gasteiger partial charge < -0.3 is 10.2 Å². The Kier molecular flexibility index (Phi) is 2.38. The molecule has 0 aliphatic heterocycles. The van der Waals surface area contributed by atoms with Gasteiger partial charge in [0.05, 0.1) is 23.7 Å². The summed E-state index contributed by atoms with van der Waals surface area (Å²) in [6.45, 7) is 6.93. The van der Waals surface area contributed by atoms with E-state index in [2.05, 4.69) is 6.58 Å². The quantitative estimate of drug-likeness (QED) is 0.652. The van der Waals surface area contributed by atoms with E-state index in [1.165, 1.54) is 0 Å². The van der Waals surface area contributed by atoms with E-state index in [0.717, 1.165) is 0 Å². The molecule has 0 amide bonds. The van der Waals surface area contributed by atoms with Crippen LogP contribution in [-0.4, -0.2) is 22.3 Å². The van der Waals surface area contributed by atoms with Crippen LogP contribution < -0.4 is 0 Å². The second kappa shape index (κ2) is 3.10. The molecule has 0 radical (unpaired) electrons. The van der Waals surface area contributed by atoms with E-state index in [0.29, 0.717) is 0 Å². The van der Waals surface area contributed by atoms with Gasteiger partial charge in [-0.1, -0.05) is 20.4 Å². The van der Waals surface area contributed by atoms with Crippen LogP contribution in [0.5, 0.6) is 0 Å². The number of carbonyl (C=O) groups is 1. The van der Waals surface area contributed by atoms with Gasteiger partial charge in [-0.3, -0.25) is 4.79 Å². The number of aliphatic hydroxyl groups is 1. The normalized spacial score (nSPS) is 30.1. The summed E-state index contributed by atoms with van der Waals surface area (Å²) in [5.74, 6) is -1.90. The SMILES string of the molecule is C=C(C#N)C(O)C1C(C(=O)O)C1(C)C. The minimum atomic E-state index is -1.03. The van der Waals surface area contributed by atoms with Gasteiger partial charge in [-0.2, -0.15) is 5.26 Å². The van der Waals surface area contributed by atoms with Crippen LogP contribution in [0.3, 0.4) is 0 Å². The van der Waals surface area contributed by atoms with Crippen LogP contribution in [0.1, 0.15) is 13.8 Å². The highest BCUT2D eigenvalue weighted by Gasteiger charge is 2.65. The summed E-state index contributed by atoms with van der Waals surface area (Å²) in [7, 11) is 0. The fourth-order valence-electron chi connectivity index (χ4n) is 2.02. The van der Waals surface area contributed by atoms with Gasteiger partial charge in [-0.05, 0) is 5.41 Å². The number of aliphatic carboxylic acids is 1.